The van der Waals surface area contributed by atoms with Crippen molar-refractivity contribution >= 4 is 0 Å². The van der Waals surface area contributed by atoms with Gasteiger partial charge in [0, 0.05) is 18.6 Å². The highest BCUT2D eigenvalue weighted by molar-refractivity contribution is 4.80. The molecule has 0 heterocycles. The number of hydrogen-bond donors (Lipinski definition) is 1. The van der Waals surface area contributed by atoms with Crippen LogP contribution in [0.3, 0.4) is 0 Å². The molecule has 0 amide bonds. The third kappa shape index (κ3) is 4.97. The lowest BCUT2D eigenvalue weighted by molar-refractivity contribution is 0.150. The summed E-state index contributed by atoms with van der Waals surface area (Å²) in [5.74, 6) is 1.01. The van der Waals surface area contributed by atoms with Crippen LogP contribution in [0.5, 0.6) is 0 Å². The molecule has 0 saturated heterocycles. The van der Waals surface area contributed by atoms with Crippen molar-refractivity contribution in [2.45, 2.75) is 71.4 Å². The molecule has 1 rings (SSSR count). The standard InChI is InChI=1S/C15H32N2/c1-5-13-8-10-15(11-9-13)17(4)12-14(6-2)16-7-3/h13-16H,5-12H2,1-4H3. The smallest absolute Gasteiger partial charge is 0.0192 e. The minimum atomic E-state index is 0.675. The zero-order chi connectivity index (χ0) is 12.7. The third-order valence-electron chi connectivity index (χ3n) is 4.51. The van der Waals surface area contributed by atoms with Crippen molar-refractivity contribution in [1.29, 1.82) is 0 Å². The highest BCUT2D eigenvalue weighted by atomic mass is 15.2. The Kier molecular flexibility index (Phi) is 7.14. The van der Waals surface area contributed by atoms with E-state index in [9.17, 15) is 0 Å². The summed E-state index contributed by atoms with van der Waals surface area (Å²) in [6.45, 7) is 9.14. The van der Waals surface area contributed by atoms with Gasteiger partial charge in [-0.25, -0.2) is 0 Å². The van der Waals surface area contributed by atoms with Gasteiger partial charge in [0.25, 0.3) is 0 Å². The highest BCUT2D eigenvalue weighted by Crippen LogP contribution is 2.28. The molecule has 0 aliphatic heterocycles. The number of nitrogens with one attached hydrogen (secondary N) is 1. The zero-order valence-electron chi connectivity index (χ0n) is 12.3. The van der Waals surface area contributed by atoms with Crippen LogP contribution in [0.25, 0.3) is 0 Å². The first-order valence-corrected chi connectivity index (χ1v) is 7.64. The molecule has 1 atom stereocenters. The molecule has 0 aromatic heterocycles. The number of rotatable bonds is 7. The van der Waals surface area contributed by atoms with Gasteiger partial charge < -0.3 is 10.2 Å². The Bertz CT molecular complexity index is 185. The summed E-state index contributed by atoms with van der Waals surface area (Å²) in [4.78, 5) is 2.60. The maximum absolute atomic E-state index is 3.58. The second-order valence-electron chi connectivity index (χ2n) is 5.69. The van der Waals surface area contributed by atoms with Crippen molar-refractivity contribution in [2.75, 3.05) is 20.1 Å². The fourth-order valence-corrected chi connectivity index (χ4v) is 3.12. The summed E-state index contributed by atoms with van der Waals surface area (Å²) < 4.78 is 0. The van der Waals surface area contributed by atoms with E-state index < -0.39 is 0 Å². The molecule has 0 radical (unpaired) electrons. The van der Waals surface area contributed by atoms with Crippen LogP contribution < -0.4 is 5.32 Å². The molecule has 1 saturated carbocycles. The van der Waals surface area contributed by atoms with Crippen LogP contribution in [-0.4, -0.2) is 37.1 Å². The van der Waals surface area contributed by atoms with Crippen LogP contribution in [0.1, 0.15) is 59.3 Å². The Morgan fingerprint density at radius 1 is 1.12 bits per heavy atom. The normalized spacial score (nSPS) is 27.4. The Labute approximate surface area is 108 Å². The van der Waals surface area contributed by atoms with Crippen molar-refractivity contribution in [1.82, 2.24) is 10.2 Å². The van der Waals surface area contributed by atoms with Gasteiger partial charge >= 0.3 is 0 Å². The monoisotopic (exact) mass is 240 g/mol. The lowest BCUT2D eigenvalue weighted by Crippen LogP contribution is -2.44. The zero-order valence-corrected chi connectivity index (χ0v) is 12.3. The molecule has 1 fully saturated rings. The molecule has 17 heavy (non-hydrogen) atoms. The summed E-state index contributed by atoms with van der Waals surface area (Å²) in [5.41, 5.74) is 0. The van der Waals surface area contributed by atoms with Crippen LogP contribution in [0.4, 0.5) is 0 Å². The largest absolute Gasteiger partial charge is 0.313 e. The maximum atomic E-state index is 3.58. The van der Waals surface area contributed by atoms with E-state index in [0.717, 1.165) is 18.5 Å². The SMILES string of the molecule is CCNC(CC)CN(C)C1CCC(CC)CC1. The van der Waals surface area contributed by atoms with E-state index in [1.54, 1.807) is 0 Å². The summed E-state index contributed by atoms with van der Waals surface area (Å²) in [6, 6.07) is 1.51. The summed E-state index contributed by atoms with van der Waals surface area (Å²) in [7, 11) is 2.32. The summed E-state index contributed by atoms with van der Waals surface area (Å²) in [6.07, 6.45) is 8.34. The predicted octanol–water partition coefficient (Wildman–Crippen LogP) is 3.28. The van der Waals surface area contributed by atoms with Crippen LogP contribution in [-0.2, 0) is 0 Å². The molecule has 2 heteroatoms. The van der Waals surface area contributed by atoms with Crippen LogP contribution in [0.15, 0.2) is 0 Å². The Balaban J connectivity index is 2.30. The molecule has 1 aliphatic carbocycles. The predicted molar refractivity (Wildman–Crippen MR) is 76.4 cm³/mol. The van der Waals surface area contributed by atoms with Gasteiger partial charge in [0.05, 0.1) is 0 Å². The number of nitrogens with zero attached hydrogens (tertiary/aromatic N) is 1. The molecule has 2 nitrogen and oxygen atoms in total. The van der Waals surface area contributed by atoms with Gasteiger partial charge in [0.15, 0.2) is 0 Å². The average molecular weight is 240 g/mol. The van der Waals surface area contributed by atoms with Gasteiger partial charge in [-0.15, -0.1) is 0 Å². The van der Waals surface area contributed by atoms with Crippen molar-refractivity contribution in [3.05, 3.63) is 0 Å². The molecule has 102 valence electrons. The molecule has 0 spiro atoms. The third-order valence-corrected chi connectivity index (χ3v) is 4.51. The van der Waals surface area contributed by atoms with Gasteiger partial charge in [-0.2, -0.15) is 0 Å². The Hall–Kier alpha value is -0.0800. The van der Waals surface area contributed by atoms with Crippen LogP contribution >= 0.6 is 0 Å². The van der Waals surface area contributed by atoms with E-state index in [2.05, 4.69) is 38.0 Å². The number of likely N-dealkylation sites (N-methyl/N-ethyl adjacent to an activating group) is 2. The molecular formula is C15H32N2. The van der Waals surface area contributed by atoms with Crippen molar-refractivity contribution in [2.24, 2.45) is 5.92 Å². The first-order chi connectivity index (χ1) is 8.21. The second-order valence-corrected chi connectivity index (χ2v) is 5.69. The van der Waals surface area contributed by atoms with E-state index in [1.165, 1.54) is 45.1 Å². The minimum absolute atomic E-state index is 0.675. The first kappa shape index (κ1) is 15.0. The Morgan fingerprint density at radius 3 is 2.24 bits per heavy atom. The Morgan fingerprint density at radius 2 is 1.76 bits per heavy atom. The molecule has 1 aliphatic rings. The van der Waals surface area contributed by atoms with E-state index in [1.807, 2.05) is 0 Å². The molecular weight excluding hydrogens is 208 g/mol. The minimum Gasteiger partial charge on any atom is -0.313 e. The molecule has 0 bridgehead atoms. The van der Waals surface area contributed by atoms with Crippen molar-refractivity contribution < 1.29 is 0 Å². The van der Waals surface area contributed by atoms with Gasteiger partial charge in [0.2, 0.25) is 0 Å². The quantitative estimate of drug-likeness (QED) is 0.735. The average Bonchev–Trinajstić information content (AvgIpc) is 2.38. The van der Waals surface area contributed by atoms with E-state index >= 15 is 0 Å². The van der Waals surface area contributed by atoms with Gasteiger partial charge in [-0.1, -0.05) is 27.2 Å². The van der Waals surface area contributed by atoms with Gasteiger partial charge in [-0.05, 0) is 51.6 Å². The maximum Gasteiger partial charge on any atom is 0.0192 e. The first-order valence-electron chi connectivity index (χ1n) is 7.64. The van der Waals surface area contributed by atoms with E-state index in [4.69, 9.17) is 0 Å². The highest BCUT2D eigenvalue weighted by Gasteiger charge is 2.23. The molecule has 0 aromatic carbocycles. The topological polar surface area (TPSA) is 15.3 Å². The summed E-state index contributed by atoms with van der Waals surface area (Å²) >= 11 is 0. The second kappa shape index (κ2) is 8.10. The molecule has 0 aromatic rings. The number of hydrogen-bond acceptors (Lipinski definition) is 2. The van der Waals surface area contributed by atoms with Crippen LogP contribution in [0.2, 0.25) is 0 Å². The van der Waals surface area contributed by atoms with E-state index in [0.29, 0.717) is 6.04 Å². The molecule has 1 N–H and O–H groups in total. The van der Waals surface area contributed by atoms with Crippen LogP contribution in [0, 0.1) is 5.92 Å². The molecule has 1 unspecified atom stereocenters. The van der Waals surface area contributed by atoms with Gasteiger partial charge in [-0.3, -0.25) is 0 Å². The van der Waals surface area contributed by atoms with E-state index in [-0.39, 0.29) is 0 Å². The summed E-state index contributed by atoms with van der Waals surface area (Å²) in [5, 5.41) is 3.58. The van der Waals surface area contributed by atoms with Crippen molar-refractivity contribution in [3.63, 3.8) is 0 Å². The lowest BCUT2D eigenvalue weighted by atomic mass is 9.84. The van der Waals surface area contributed by atoms with Gasteiger partial charge in [0.1, 0.15) is 0 Å². The fourth-order valence-electron chi connectivity index (χ4n) is 3.12. The lowest BCUT2D eigenvalue weighted by Gasteiger charge is -2.36. The fraction of sp³-hybridized carbons (Fsp3) is 1.00. The van der Waals surface area contributed by atoms with Crippen molar-refractivity contribution in [3.8, 4) is 0 Å².